The molecule has 5 aromatic carbocycles. The molecule has 0 fully saturated rings. The summed E-state index contributed by atoms with van der Waals surface area (Å²) in [4.78, 5) is 49.3. The molecule has 0 atom stereocenters. The number of hydrogen-bond donors (Lipinski definition) is 0. The third-order valence-electron chi connectivity index (χ3n) is 12.7. The van der Waals surface area contributed by atoms with Crippen LogP contribution in [0.2, 0.25) is 0 Å². The van der Waals surface area contributed by atoms with Gasteiger partial charge in [0.2, 0.25) is 0 Å². The van der Waals surface area contributed by atoms with Gasteiger partial charge in [0.05, 0.1) is 13.2 Å². The van der Waals surface area contributed by atoms with Crippen LogP contribution in [0.4, 0.5) is 0 Å². The molecule has 5 rings (SSSR count). The highest BCUT2D eigenvalue weighted by atomic mass is 79.9. The number of unbranched alkanes of at least 4 members (excludes halogenated alkanes) is 18. The van der Waals surface area contributed by atoms with E-state index in [1.165, 1.54) is 130 Å². The molecule has 0 N–H and O–H groups in total. The Labute approximate surface area is 480 Å². The van der Waals surface area contributed by atoms with E-state index < -0.39 is 23.9 Å². The van der Waals surface area contributed by atoms with Crippen LogP contribution < -0.4 is 28.4 Å². The molecule has 0 unspecified atom stereocenters. The van der Waals surface area contributed by atoms with E-state index in [4.69, 9.17) is 28.4 Å². The van der Waals surface area contributed by atoms with Crippen molar-refractivity contribution in [3.05, 3.63) is 116 Å². The third-order valence-corrected chi connectivity index (χ3v) is 14.0. The Balaban J connectivity index is 1.28. The molecule has 0 aliphatic carbocycles. The minimum Gasteiger partial charge on any atom is -0.493 e. The summed E-state index contributed by atoms with van der Waals surface area (Å²) < 4.78 is 36.2. The van der Waals surface area contributed by atoms with Crippen molar-refractivity contribution >= 4 is 55.7 Å². The van der Waals surface area contributed by atoms with E-state index in [0.717, 1.165) is 25.7 Å². The first-order valence-electron chi connectivity index (χ1n) is 27.8. The second kappa shape index (κ2) is 34.5. The molecule has 0 bridgehead atoms. The van der Waals surface area contributed by atoms with E-state index in [9.17, 15) is 19.2 Å². The molecule has 78 heavy (non-hydrogen) atoms. The molecule has 414 valence electrons. The van der Waals surface area contributed by atoms with Crippen molar-refractivity contribution in [2.24, 2.45) is 0 Å². The zero-order chi connectivity index (χ0) is 56.1. The summed E-state index contributed by atoms with van der Waals surface area (Å²) >= 11 is 7.34. The summed E-state index contributed by atoms with van der Waals surface area (Å²) in [5, 5.41) is 0. The van der Waals surface area contributed by atoms with Gasteiger partial charge in [0.25, 0.3) is 0 Å². The van der Waals surface area contributed by atoms with Crippen LogP contribution in [0.1, 0.15) is 192 Å². The maximum absolute atomic E-state index is 12.4. The van der Waals surface area contributed by atoms with Crippen LogP contribution in [-0.2, 0) is 19.2 Å². The van der Waals surface area contributed by atoms with Gasteiger partial charge in [0.15, 0.2) is 0 Å². The van der Waals surface area contributed by atoms with Gasteiger partial charge in [-0.2, -0.15) is 0 Å². The Morgan fingerprint density at radius 1 is 0.359 bits per heavy atom. The van der Waals surface area contributed by atoms with Crippen molar-refractivity contribution in [1.82, 2.24) is 0 Å². The number of esters is 4. The SMILES string of the molecule is CCCCCCCCCCCCOc1ccc(-c2ccc(C#Cc3cc(Br)c(C#Cc4ccc(-c5ccc(OCCCCCCCCCCCC)cc5OC(C)=O)c(OC(C)=O)c4)cc3Br)cc2OC(C)=O)c(OC(C)=O)c1. The smallest absolute Gasteiger partial charge is 0.308 e. The molecule has 0 aliphatic rings. The first-order valence-corrected chi connectivity index (χ1v) is 29.4. The zero-order valence-electron chi connectivity index (χ0n) is 46.5. The van der Waals surface area contributed by atoms with E-state index in [2.05, 4.69) is 69.4 Å². The molecule has 0 spiro atoms. The Hall–Kier alpha value is -6.34. The Kier molecular flexibility index (Phi) is 27.7. The summed E-state index contributed by atoms with van der Waals surface area (Å²) in [6, 6.07) is 24.8. The largest absolute Gasteiger partial charge is 0.493 e. The molecular formula is C66H76Br2O10. The van der Waals surface area contributed by atoms with Gasteiger partial charge in [-0.3, -0.25) is 19.2 Å². The summed E-state index contributed by atoms with van der Waals surface area (Å²) in [5.41, 5.74) is 4.64. The Morgan fingerprint density at radius 3 is 0.949 bits per heavy atom. The fraction of sp³-hybridized carbons (Fsp3) is 0.424. The number of halogens is 2. The predicted molar refractivity (Wildman–Crippen MR) is 317 cm³/mol. The van der Waals surface area contributed by atoms with E-state index >= 15 is 0 Å². The van der Waals surface area contributed by atoms with Crippen LogP contribution >= 0.6 is 31.9 Å². The molecule has 0 saturated carbocycles. The molecular weight excluding hydrogens is 1110 g/mol. The molecule has 0 aromatic heterocycles. The average molecular weight is 1190 g/mol. The topological polar surface area (TPSA) is 124 Å². The van der Waals surface area contributed by atoms with Gasteiger partial charge in [0, 0.05) is 93.3 Å². The summed E-state index contributed by atoms with van der Waals surface area (Å²) in [6.45, 7) is 10.9. The van der Waals surface area contributed by atoms with Gasteiger partial charge < -0.3 is 28.4 Å². The number of hydrogen-bond acceptors (Lipinski definition) is 10. The number of carbonyl (C=O) groups is 4. The Bertz CT molecular complexity index is 2720. The molecule has 0 saturated heterocycles. The Morgan fingerprint density at radius 2 is 0.641 bits per heavy atom. The predicted octanol–water partition coefficient (Wildman–Crippen LogP) is 17.6. The van der Waals surface area contributed by atoms with Crippen LogP contribution in [0.25, 0.3) is 22.3 Å². The van der Waals surface area contributed by atoms with Gasteiger partial charge in [-0.1, -0.05) is 153 Å². The second-order valence-corrected chi connectivity index (χ2v) is 21.2. The molecule has 5 aromatic rings. The normalized spacial score (nSPS) is 10.7. The van der Waals surface area contributed by atoms with Gasteiger partial charge >= 0.3 is 23.9 Å². The second-order valence-electron chi connectivity index (χ2n) is 19.5. The highest BCUT2D eigenvalue weighted by Gasteiger charge is 2.19. The number of benzene rings is 5. The monoisotopic (exact) mass is 1190 g/mol. The van der Waals surface area contributed by atoms with E-state index in [0.29, 0.717) is 78.2 Å². The standard InChI is InChI=1S/C66H76Br2O10/c1-7-9-11-13-15-17-19-21-23-25-39-73-55-33-37-59(65(45-55)77-49(5)71)57-35-29-51(41-63(57)75-47(3)69)27-31-53-43-62(68)54(44-61(53)67)32-28-52-30-36-58(64(42-52)76-48(4)70)60-38-34-56(46-66(60)78-50(6)72)74-40-26-24-22-20-18-16-14-12-10-8-2/h29-30,33-38,41-46H,7-26,39-40H2,1-6H3. The van der Waals surface area contributed by atoms with E-state index in [1.807, 2.05) is 36.4 Å². The summed E-state index contributed by atoms with van der Waals surface area (Å²) in [7, 11) is 0. The lowest BCUT2D eigenvalue weighted by Gasteiger charge is -2.15. The molecule has 0 aliphatic heterocycles. The number of rotatable bonds is 30. The fourth-order valence-corrected chi connectivity index (χ4v) is 9.69. The minimum atomic E-state index is -0.521. The van der Waals surface area contributed by atoms with Gasteiger partial charge in [0.1, 0.15) is 34.5 Å². The van der Waals surface area contributed by atoms with Crippen LogP contribution in [0, 0.1) is 23.7 Å². The summed E-state index contributed by atoms with van der Waals surface area (Å²) in [5.74, 6) is 13.0. The van der Waals surface area contributed by atoms with Crippen LogP contribution in [0.15, 0.2) is 93.9 Å². The molecule has 0 radical (unpaired) electrons. The average Bonchev–Trinajstić information content (AvgIpc) is 3.41. The van der Waals surface area contributed by atoms with Crippen molar-refractivity contribution in [1.29, 1.82) is 0 Å². The molecule has 10 nitrogen and oxygen atoms in total. The van der Waals surface area contributed by atoms with Crippen molar-refractivity contribution in [2.75, 3.05) is 13.2 Å². The quantitative estimate of drug-likeness (QED) is 0.0190. The number of ether oxygens (including phenoxy) is 6. The summed E-state index contributed by atoms with van der Waals surface area (Å²) in [6.07, 6.45) is 24.6. The van der Waals surface area contributed by atoms with Crippen molar-refractivity contribution in [3.8, 4) is 80.4 Å². The highest BCUT2D eigenvalue weighted by molar-refractivity contribution is 9.11. The first-order chi connectivity index (χ1) is 37.7. The lowest BCUT2D eigenvalue weighted by molar-refractivity contribution is -0.132. The highest BCUT2D eigenvalue weighted by Crippen LogP contribution is 2.41. The first kappa shape index (κ1) is 62.5. The van der Waals surface area contributed by atoms with E-state index in [1.54, 1.807) is 48.5 Å². The van der Waals surface area contributed by atoms with Crippen molar-refractivity contribution < 1.29 is 47.6 Å². The zero-order valence-corrected chi connectivity index (χ0v) is 49.6. The van der Waals surface area contributed by atoms with Gasteiger partial charge in [-0.25, -0.2) is 0 Å². The van der Waals surface area contributed by atoms with Gasteiger partial charge in [-0.15, -0.1) is 0 Å². The maximum Gasteiger partial charge on any atom is 0.308 e. The van der Waals surface area contributed by atoms with Crippen LogP contribution in [-0.4, -0.2) is 37.1 Å². The van der Waals surface area contributed by atoms with Gasteiger partial charge in [-0.05, 0) is 117 Å². The van der Waals surface area contributed by atoms with Crippen LogP contribution in [0.5, 0.6) is 34.5 Å². The minimum absolute atomic E-state index is 0.250. The molecule has 0 amide bonds. The third kappa shape index (κ3) is 22.2. The van der Waals surface area contributed by atoms with Crippen molar-refractivity contribution in [3.63, 3.8) is 0 Å². The lowest BCUT2D eigenvalue weighted by Crippen LogP contribution is -2.06. The molecule has 0 heterocycles. The number of carbonyl (C=O) groups excluding carboxylic acids is 4. The maximum atomic E-state index is 12.4. The lowest BCUT2D eigenvalue weighted by atomic mass is 10.0. The van der Waals surface area contributed by atoms with Crippen molar-refractivity contribution in [2.45, 2.75) is 170 Å². The molecule has 12 heteroatoms. The fourth-order valence-electron chi connectivity index (χ4n) is 8.81. The van der Waals surface area contributed by atoms with Crippen LogP contribution in [0.3, 0.4) is 0 Å². The van der Waals surface area contributed by atoms with E-state index in [-0.39, 0.29) is 23.0 Å².